The lowest BCUT2D eigenvalue weighted by Crippen LogP contribution is -2.46. The third-order valence-electron chi connectivity index (χ3n) is 4.86. The first kappa shape index (κ1) is 24.5. The largest absolute Gasteiger partial charge is 0.416 e. The van der Waals surface area contributed by atoms with Crippen LogP contribution in [0.2, 0.25) is 0 Å². The molecule has 0 bridgehead atoms. The number of hydrogen-bond donors (Lipinski definition) is 2. The van der Waals surface area contributed by atoms with Gasteiger partial charge in [-0.15, -0.1) is 24.0 Å². The summed E-state index contributed by atoms with van der Waals surface area (Å²) in [6, 6.07) is 5.25. The molecule has 0 atom stereocenters. The molecular formula is C19H28F3IN4O. The summed E-state index contributed by atoms with van der Waals surface area (Å²) in [4.78, 5) is 17.9. The molecule has 9 heteroatoms. The predicted octanol–water partition coefficient (Wildman–Crippen LogP) is 3.29. The van der Waals surface area contributed by atoms with Crippen molar-refractivity contribution in [1.82, 2.24) is 15.5 Å². The number of aliphatic imine (C=N–C) groups is 1. The first-order chi connectivity index (χ1) is 12.8. The van der Waals surface area contributed by atoms with E-state index < -0.39 is 11.7 Å². The Hall–Kier alpha value is -1.52. The standard InChI is InChI=1S/C19H27F3N4O.HI/c1-23-17(27)13-15-8-11-26(12-9-15)18(24-2)25-10-7-14-3-5-16(6-4-14)19(20,21)22;/h3-6,15H,7-13H2,1-2H3,(H,23,27)(H,24,25);1H. The van der Waals surface area contributed by atoms with Gasteiger partial charge in [-0.2, -0.15) is 13.2 Å². The molecule has 1 aliphatic rings. The van der Waals surface area contributed by atoms with Crippen LogP contribution in [0.4, 0.5) is 13.2 Å². The minimum Gasteiger partial charge on any atom is -0.359 e. The van der Waals surface area contributed by atoms with Crippen molar-refractivity contribution in [3.8, 4) is 0 Å². The molecule has 5 nitrogen and oxygen atoms in total. The Balaban J connectivity index is 0.00000392. The van der Waals surface area contributed by atoms with Gasteiger partial charge in [-0.1, -0.05) is 12.1 Å². The third kappa shape index (κ3) is 7.48. The molecule has 2 N–H and O–H groups in total. The van der Waals surface area contributed by atoms with Crippen molar-refractivity contribution in [3.05, 3.63) is 35.4 Å². The second kappa shape index (κ2) is 11.5. The van der Waals surface area contributed by atoms with Gasteiger partial charge in [0, 0.05) is 40.2 Å². The van der Waals surface area contributed by atoms with Crippen LogP contribution in [-0.4, -0.2) is 50.5 Å². The van der Waals surface area contributed by atoms with Gasteiger partial charge in [-0.05, 0) is 42.9 Å². The molecule has 0 aliphatic carbocycles. The summed E-state index contributed by atoms with van der Waals surface area (Å²) in [5.74, 6) is 1.26. The van der Waals surface area contributed by atoms with Gasteiger partial charge >= 0.3 is 6.18 Å². The van der Waals surface area contributed by atoms with Crippen molar-refractivity contribution in [1.29, 1.82) is 0 Å². The summed E-state index contributed by atoms with van der Waals surface area (Å²) < 4.78 is 37.8. The van der Waals surface area contributed by atoms with E-state index in [1.165, 1.54) is 12.1 Å². The molecule has 1 amide bonds. The van der Waals surface area contributed by atoms with Gasteiger partial charge in [0.25, 0.3) is 0 Å². The van der Waals surface area contributed by atoms with Crippen LogP contribution in [0, 0.1) is 5.92 Å². The highest BCUT2D eigenvalue weighted by Gasteiger charge is 2.29. The summed E-state index contributed by atoms with van der Waals surface area (Å²) in [5.41, 5.74) is 0.213. The first-order valence-corrected chi connectivity index (χ1v) is 9.15. The van der Waals surface area contributed by atoms with E-state index >= 15 is 0 Å². The molecule has 0 radical (unpaired) electrons. The molecule has 28 heavy (non-hydrogen) atoms. The number of nitrogens with one attached hydrogen (secondary N) is 2. The molecule has 0 spiro atoms. The van der Waals surface area contributed by atoms with Crippen molar-refractivity contribution in [2.75, 3.05) is 33.7 Å². The summed E-state index contributed by atoms with van der Waals surface area (Å²) in [6.07, 6.45) is -1.25. The predicted molar refractivity (Wildman–Crippen MR) is 115 cm³/mol. The molecule has 1 fully saturated rings. The van der Waals surface area contributed by atoms with Crippen molar-refractivity contribution < 1.29 is 18.0 Å². The third-order valence-corrected chi connectivity index (χ3v) is 4.86. The minimum atomic E-state index is -4.30. The van der Waals surface area contributed by atoms with Crippen LogP contribution in [0.25, 0.3) is 0 Å². The van der Waals surface area contributed by atoms with E-state index in [2.05, 4.69) is 20.5 Å². The lowest BCUT2D eigenvalue weighted by molar-refractivity contribution is -0.137. The Bertz CT molecular complexity index is 642. The van der Waals surface area contributed by atoms with E-state index in [-0.39, 0.29) is 29.9 Å². The van der Waals surface area contributed by atoms with E-state index in [0.29, 0.717) is 25.3 Å². The number of piperidine rings is 1. The number of carbonyl (C=O) groups is 1. The normalized spacial score (nSPS) is 15.8. The van der Waals surface area contributed by atoms with E-state index in [4.69, 9.17) is 0 Å². The Kier molecular flexibility index (Phi) is 10.0. The zero-order valence-corrected chi connectivity index (χ0v) is 18.5. The average Bonchev–Trinajstić information content (AvgIpc) is 2.65. The molecule has 1 saturated heterocycles. The quantitative estimate of drug-likeness (QED) is 0.362. The molecule has 1 aromatic carbocycles. The number of rotatable bonds is 5. The summed E-state index contributed by atoms with van der Waals surface area (Å²) in [7, 11) is 3.37. The molecule has 158 valence electrons. The highest BCUT2D eigenvalue weighted by Crippen LogP contribution is 2.29. The molecule has 0 saturated carbocycles. The fourth-order valence-electron chi connectivity index (χ4n) is 3.22. The number of nitrogens with zero attached hydrogens (tertiary/aromatic N) is 2. The van der Waals surface area contributed by atoms with Crippen LogP contribution in [-0.2, 0) is 17.4 Å². The Morgan fingerprint density at radius 1 is 1.21 bits per heavy atom. The van der Waals surface area contributed by atoms with Gasteiger partial charge in [-0.25, -0.2) is 0 Å². The summed E-state index contributed by atoms with van der Waals surface area (Å²) >= 11 is 0. The van der Waals surface area contributed by atoms with Crippen molar-refractivity contribution in [3.63, 3.8) is 0 Å². The average molecular weight is 512 g/mol. The zero-order chi connectivity index (χ0) is 19.9. The van der Waals surface area contributed by atoms with Crippen LogP contribution in [0.5, 0.6) is 0 Å². The highest BCUT2D eigenvalue weighted by atomic mass is 127. The fourth-order valence-corrected chi connectivity index (χ4v) is 3.22. The number of amides is 1. The van der Waals surface area contributed by atoms with Crippen molar-refractivity contribution in [2.24, 2.45) is 10.9 Å². The first-order valence-electron chi connectivity index (χ1n) is 9.15. The lowest BCUT2D eigenvalue weighted by Gasteiger charge is -2.34. The van der Waals surface area contributed by atoms with Crippen LogP contribution < -0.4 is 10.6 Å². The van der Waals surface area contributed by atoms with E-state index in [0.717, 1.165) is 49.6 Å². The van der Waals surface area contributed by atoms with Gasteiger partial charge in [0.2, 0.25) is 5.91 Å². The number of benzene rings is 1. The topological polar surface area (TPSA) is 56.7 Å². The van der Waals surface area contributed by atoms with E-state index in [1.54, 1.807) is 14.1 Å². The molecule has 0 aromatic heterocycles. The van der Waals surface area contributed by atoms with Crippen LogP contribution in [0.1, 0.15) is 30.4 Å². The van der Waals surface area contributed by atoms with Crippen LogP contribution in [0.15, 0.2) is 29.3 Å². The number of alkyl halides is 3. The summed E-state index contributed by atoms with van der Waals surface area (Å²) in [6.45, 7) is 2.26. The van der Waals surface area contributed by atoms with Crippen LogP contribution in [0.3, 0.4) is 0 Å². The smallest absolute Gasteiger partial charge is 0.359 e. The molecular weight excluding hydrogens is 484 g/mol. The second-order valence-electron chi connectivity index (χ2n) is 6.73. The van der Waals surface area contributed by atoms with Gasteiger partial charge in [0.05, 0.1) is 5.56 Å². The molecule has 2 rings (SSSR count). The number of likely N-dealkylation sites (tertiary alicyclic amines) is 1. The minimum absolute atomic E-state index is 0. The van der Waals surface area contributed by atoms with Gasteiger partial charge in [0.1, 0.15) is 0 Å². The maximum atomic E-state index is 12.6. The molecule has 0 unspecified atom stereocenters. The molecule has 1 heterocycles. The van der Waals surface area contributed by atoms with E-state index in [1.807, 2.05) is 0 Å². The highest BCUT2D eigenvalue weighted by molar-refractivity contribution is 14.0. The van der Waals surface area contributed by atoms with Gasteiger partial charge in [0.15, 0.2) is 5.96 Å². The Labute approximate surface area is 181 Å². The SMILES string of the molecule is CN=C(NCCc1ccc(C(F)(F)F)cc1)N1CCC(CC(=O)NC)CC1.I. The molecule has 1 aromatic rings. The van der Waals surface area contributed by atoms with Crippen molar-refractivity contribution in [2.45, 2.75) is 31.9 Å². The van der Waals surface area contributed by atoms with E-state index in [9.17, 15) is 18.0 Å². The number of halogens is 4. The lowest BCUT2D eigenvalue weighted by atomic mass is 9.93. The van der Waals surface area contributed by atoms with Crippen LogP contribution >= 0.6 is 24.0 Å². The monoisotopic (exact) mass is 512 g/mol. The van der Waals surface area contributed by atoms with Gasteiger partial charge in [-0.3, -0.25) is 9.79 Å². The molecule has 1 aliphatic heterocycles. The second-order valence-corrected chi connectivity index (χ2v) is 6.73. The Morgan fingerprint density at radius 3 is 2.32 bits per heavy atom. The zero-order valence-electron chi connectivity index (χ0n) is 16.2. The maximum absolute atomic E-state index is 12.6. The fraction of sp³-hybridized carbons (Fsp3) is 0.579. The number of hydrogen-bond acceptors (Lipinski definition) is 2. The number of carbonyl (C=O) groups excluding carboxylic acids is 1. The summed E-state index contributed by atoms with van der Waals surface area (Å²) in [5, 5.41) is 5.94. The Morgan fingerprint density at radius 2 is 1.82 bits per heavy atom. The van der Waals surface area contributed by atoms with Crippen molar-refractivity contribution >= 4 is 35.8 Å². The maximum Gasteiger partial charge on any atom is 0.416 e. The van der Waals surface area contributed by atoms with Gasteiger partial charge < -0.3 is 15.5 Å². The number of guanidine groups is 1.